The van der Waals surface area contributed by atoms with E-state index in [1.807, 2.05) is 37.3 Å². The fourth-order valence-electron chi connectivity index (χ4n) is 2.73. The smallest absolute Gasteiger partial charge is 0.233 e. The summed E-state index contributed by atoms with van der Waals surface area (Å²) in [6, 6.07) is 9.90. The van der Waals surface area contributed by atoms with Gasteiger partial charge in [-0.3, -0.25) is 4.79 Å². The lowest BCUT2D eigenvalue weighted by Crippen LogP contribution is -2.44. The second-order valence-electron chi connectivity index (χ2n) is 6.46. The number of piperidine rings is 1. The molecule has 4 nitrogen and oxygen atoms in total. The van der Waals surface area contributed by atoms with Crippen LogP contribution in [-0.2, 0) is 4.79 Å². The van der Waals surface area contributed by atoms with Crippen LogP contribution in [0, 0.1) is 5.92 Å². The standard InChI is InChI=1S/C18H28N2O2S/c1-14-8-10-20(11-9-14)13-16(21)12-19-18(22)15(2)23-17-6-4-3-5-7-17/h3-7,14-16,21H,8-13H2,1-2H3,(H,19,22). The number of nitrogens with one attached hydrogen (secondary N) is 1. The molecule has 5 heteroatoms. The molecular formula is C18H28N2O2S. The van der Waals surface area contributed by atoms with E-state index < -0.39 is 6.10 Å². The van der Waals surface area contributed by atoms with Crippen LogP contribution in [0.1, 0.15) is 26.7 Å². The number of carbonyl (C=O) groups excluding carboxylic acids is 1. The highest BCUT2D eigenvalue weighted by molar-refractivity contribution is 8.00. The first-order valence-electron chi connectivity index (χ1n) is 8.44. The Hall–Kier alpha value is -1.04. The van der Waals surface area contributed by atoms with Crippen molar-refractivity contribution in [3.63, 3.8) is 0 Å². The molecule has 1 aliphatic heterocycles. The number of thioether (sulfide) groups is 1. The molecule has 0 bridgehead atoms. The van der Waals surface area contributed by atoms with Gasteiger partial charge in [-0.2, -0.15) is 0 Å². The van der Waals surface area contributed by atoms with Gasteiger partial charge in [0.1, 0.15) is 0 Å². The lowest BCUT2D eigenvalue weighted by molar-refractivity contribution is -0.120. The summed E-state index contributed by atoms with van der Waals surface area (Å²) in [4.78, 5) is 15.5. The lowest BCUT2D eigenvalue weighted by atomic mass is 9.99. The zero-order valence-corrected chi connectivity index (χ0v) is 14.9. The molecule has 2 unspecified atom stereocenters. The molecule has 1 aliphatic rings. The van der Waals surface area contributed by atoms with Gasteiger partial charge < -0.3 is 15.3 Å². The van der Waals surface area contributed by atoms with Crippen molar-refractivity contribution < 1.29 is 9.90 Å². The van der Waals surface area contributed by atoms with Crippen molar-refractivity contribution in [3.8, 4) is 0 Å². The van der Waals surface area contributed by atoms with Crippen molar-refractivity contribution in [2.45, 2.75) is 42.9 Å². The number of amides is 1. The van der Waals surface area contributed by atoms with E-state index in [1.165, 1.54) is 24.6 Å². The van der Waals surface area contributed by atoms with Gasteiger partial charge >= 0.3 is 0 Å². The molecule has 1 saturated heterocycles. The molecule has 2 rings (SSSR count). The van der Waals surface area contributed by atoms with Crippen molar-refractivity contribution in [1.82, 2.24) is 10.2 Å². The zero-order valence-electron chi connectivity index (χ0n) is 14.1. The number of likely N-dealkylation sites (tertiary alicyclic amines) is 1. The third-order valence-corrected chi connectivity index (χ3v) is 5.39. The molecule has 1 aromatic carbocycles. The molecule has 1 heterocycles. The van der Waals surface area contributed by atoms with Gasteiger partial charge in [0.2, 0.25) is 5.91 Å². The third-order valence-electron chi connectivity index (χ3n) is 4.28. The number of carbonyl (C=O) groups is 1. The Bertz CT molecular complexity index is 475. The zero-order chi connectivity index (χ0) is 16.7. The summed E-state index contributed by atoms with van der Waals surface area (Å²) in [5.41, 5.74) is 0. The number of nitrogens with zero attached hydrogens (tertiary/aromatic N) is 1. The number of hydrogen-bond acceptors (Lipinski definition) is 4. The first-order valence-corrected chi connectivity index (χ1v) is 9.32. The van der Waals surface area contributed by atoms with Crippen LogP contribution in [0.15, 0.2) is 35.2 Å². The van der Waals surface area contributed by atoms with Gasteiger partial charge in [-0.1, -0.05) is 25.1 Å². The second kappa shape index (κ2) is 9.30. The molecule has 0 saturated carbocycles. The third kappa shape index (κ3) is 6.53. The van der Waals surface area contributed by atoms with Crippen LogP contribution in [-0.4, -0.2) is 53.4 Å². The molecule has 1 amide bonds. The van der Waals surface area contributed by atoms with Crippen LogP contribution in [0.3, 0.4) is 0 Å². The van der Waals surface area contributed by atoms with Crippen molar-refractivity contribution in [2.24, 2.45) is 5.92 Å². The van der Waals surface area contributed by atoms with Gasteiger partial charge in [0, 0.05) is 18.0 Å². The van der Waals surface area contributed by atoms with E-state index in [-0.39, 0.29) is 11.2 Å². The predicted octanol–water partition coefficient (Wildman–Crippen LogP) is 2.38. The minimum Gasteiger partial charge on any atom is -0.390 e. The van der Waals surface area contributed by atoms with Gasteiger partial charge in [0.25, 0.3) is 0 Å². The normalized spacial score (nSPS) is 19.3. The highest BCUT2D eigenvalue weighted by atomic mass is 32.2. The summed E-state index contributed by atoms with van der Waals surface area (Å²) in [6.45, 7) is 7.24. The largest absolute Gasteiger partial charge is 0.390 e. The van der Waals surface area contributed by atoms with Crippen molar-refractivity contribution >= 4 is 17.7 Å². The van der Waals surface area contributed by atoms with E-state index in [4.69, 9.17) is 0 Å². The average Bonchev–Trinajstić information content (AvgIpc) is 2.55. The summed E-state index contributed by atoms with van der Waals surface area (Å²) >= 11 is 1.54. The maximum atomic E-state index is 12.1. The minimum atomic E-state index is -0.499. The van der Waals surface area contributed by atoms with Crippen LogP contribution in [0.4, 0.5) is 0 Å². The molecule has 1 fully saturated rings. The van der Waals surface area contributed by atoms with Gasteiger partial charge in [-0.05, 0) is 50.9 Å². The molecular weight excluding hydrogens is 308 g/mol. The van der Waals surface area contributed by atoms with Gasteiger partial charge in [-0.25, -0.2) is 0 Å². The fraction of sp³-hybridized carbons (Fsp3) is 0.611. The highest BCUT2D eigenvalue weighted by Crippen LogP contribution is 2.22. The Labute approximate surface area is 143 Å². The van der Waals surface area contributed by atoms with E-state index in [0.717, 1.165) is 23.9 Å². The lowest BCUT2D eigenvalue weighted by Gasteiger charge is -2.31. The molecule has 128 valence electrons. The number of hydrogen-bond donors (Lipinski definition) is 2. The van der Waals surface area contributed by atoms with Gasteiger partial charge in [-0.15, -0.1) is 11.8 Å². The van der Waals surface area contributed by atoms with E-state index in [9.17, 15) is 9.90 Å². The number of aliphatic hydroxyl groups is 1. The van der Waals surface area contributed by atoms with Crippen LogP contribution >= 0.6 is 11.8 Å². The quantitative estimate of drug-likeness (QED) is 0.751. The van der Waals surface area contributed by atoms with E-state index in [0.29, 0.717) is 13.1 Å². The summed E-state index contributed by atoms with van der Waals surface area (Å²) in [5, 5.41) is 12.8. The highest BCUT2D eigenvalue weighted by Gasteiger charge is 2.20. The van der Waals surface area contributed by atoms with Gasteiger partial charge in [0.05, 0.1) is 11.4 Å². The second-order valence-corrected chi connectivity index (χ2v) is 7.87. The molecule has 0 aliphatic carbocycles. The Morgan fingerprint density at radius 2 is 2.00 bits per heavy atom. The summed E-state index contributed by atoms with van der Waals surface area (Å²) in [5.74, 6) is 0.768. The maximum absolute atomic E-state index is 12.1. The molecule has 2 atom stereocenters. The molecule has 1 aromatic rings. The summed E-state index contributed by atoms with van der Waals surface area (Å²) in [6.07, 6.45) is 1.90. The molecule has 0 spiro atoms. The molecule has 2 N–H and O–H groups in total. The SMILES string of the molecule is CC1CCN(CC(O)CNC(=O)C(C)Sc2ccccc2)CC1. The topological polar surface area (TPSA) is 52.6 Å². The van der Waals surface area contributed by atoms with Crippen molar-refractivity contribution in [3.05, 3.63) is 30.3 Å². The average molecular weight is 337 g/mol. The van der Waals surface area contributed by atoms with Crippen LogP contribution < -0.4 is 5.32 Å². The molecule has 23 heavy (non-hydrogen) atoms. The van der Waals surface area contributed by atoms with E-state index in [1.54, 1.807) is 0 Å². The first kappa shape index (κ1) is 18.3. The monoisotopic (exact) mass is 336 g/mol. The fourth-order valence-corrected chi connectivity index (χ4v) is 3.64. The number of β-amino-alcohol motifs (C(OH)–C–C–N with tert-alkyl or cyclic N) is 1. The number of benzene rings is 1. The molecule has 0 aromatic heterocycles. The molecule has 0 radical (unpaired) electrons. The van der Waals surface area contributed by atoms with Crippen LogP contribution in [0.2, 0.25) is 0 Å². The Morgan fingerprint density at radius 1 is 1.35 bits per heavy atom. The Kier molecular flexibility index (Phi) is 7.40. The van der Waals surface area contributed by atoms with Crippen molar-refractivity contribution in [2.75, 3.05) is 26.2 Å². The summed E-state index contributed by atoms with van der Waals surface area (Å²) < 4.78 is 0. The van der Waals surface area contributed by atoms with Crippen LogP contribution in [0.25, 0.3) is 0 Å². The van der Waals surface area contributed by atoms with Crippen LogP contribution in [0.5, 0.6) is 0 Å². The van der Waals surface area contributed by atoms with Gasteiger partial charge in [0.15, 0.2) is 0 Å². The summed E-state index contributed by atoms with van der Waals surface area (Å²) in [7, 11) is 0. The number of rotatable bonds is 7. The maximum Gasteiger partial charge on any atom is 0.233 e. The first-order chi connectivity index (χ1) is 11.0. The number of aliphatic hydroxyl groups excluding tert-OH is 1. The van der Waals surface area contributed by atoms with E-state index >= 15 is 0 Å². The Morgan fingerprint density at radius 3 is 2.65 bits per heavy atom. The van der Waals surface area contributed by atoms with Crippen molar-refractivity contribution in [1.29, 1.82) is 0 Å². The van der Waals surface area contributed by atoms with E-state index in [2.05, 4.69) is 17.1 Å². The minimum absolute atomic E-state index is 0.0230. The predicted molar refractivity (Wildman–Crippen MR) is 95.6 cm³/mol. The Balaban J connectivity index is 1.66.